The van der Waals surface area contributed by atoms with Crippen molar-refractivity contribution in [2.24, 2.45) is 5.73 Å². The minimum absolute atomic E-state index is 0. The molecule has 0 bridgehead atoms. The molecule has 1 aromatic carbocycles. The lowest BCUT2D eigenvalue weighted by molar-refractivity contribution is 0.638. The molecule has 0 spiro atoms. The molecular formula is C12H16ClFN2. The van der Waals surface area contributed by atoms with Crippen LogP contribution in [0.15, 0.2) is 12.1 Å². The van der Waals surface area contributed by atoms with Gasteiger partial charge in [-0.05, 0) is 44.0 Å². The van der Waals surface area contributed by atoms with Crippen LogP contribution in [0.2, 0.25) is 0 Å². The van der Waals surface area contributed by atoms with Crippen LogP contribution in [0.3, 0.4) is 0 Å². The smallest absolute Gasteiger partial charge is 0.132 e. The Bertz CT molecular complexity index is 505. The summed E-state index contributed by atoms with van der Waals surface area (Å²) in [6.07, 6.45) is 0.714. The van der Waals surface area contributed by atoms with Crippen LogP contribution in [-0.4, -0.2) is 11.5 Å². The molecule has 0 amide bonds. The molecule has 2 aromatic rings. The van der Waals surface area contributed by atoms with Gasteiger partial charge in [-0.15, -0.1) is 12.4 Å². The lowest BCUT2D eigenvalue weighted by Gasteiger charge is -2.00. The van der Waals surface area contributed by atoms with Gasteiger partial charge in [-0.3, -0.25) is 0 Å². The van der Waals surface area contributed by atoms with Crippen LogP contribution in [0.25, 0.3) is 10.9 Å². The third-order valence-corrected chi connectivity index (χ3v) is 2.82. The second-order valence-electron chi connectivity index (χ2n) is 3.88. The van der Waals surface area contributed by atoms with Gasteiger partial charge in [0.1, 0.15) is 5.82 Å². The van der Waals surface area contributed by atoms with Crippen molar-refractivity contribution in [2.75, 3.05) is 6.54 Å². The van der Waals surface area contributed by atoms with Crippen molar-refractivity contribution >= 4 is 23.3 Å². The van der Waals surface area contributed by atoms with Crippen molar-refractivity contribution in [2.45, 2.75) is 20.3 Å². The van der Waals surface area contributed by atoms with Crippen molar-refractivity contribution in [1.29, 1.82) is 0 Å². The summed E-state index contributed by atoms with van der Waals surface area (Å²) in [7, 11) is 0. The van der Waals surface area contributed by atoms with Crippen LogP contribution in [0.5, 0.6) is 0 Å². The molecule has 0 aliphatic heterocycles. The van der Waals surface area contributed by atoms with Crippen LogP contribution in [0, 0.1) is 19.7 Å². The maximum Gasteiger partial charge on any atom is 0.132 e. The lowest BCUT2D eigenvalue weighted by Crippen LogP contribution is -2.03. The zero-order valence-corrected chi connectivity index (χ0v) is 10.2. The summed E-state index contributed by atoms with van der Waals surface area (Å²) < 4.78 is 13.7. The molecule has 0 radical (unpaired) electrons. The number of aromatic nitrogens is 1. The van der Waals surface area contributed by atoms with Crippen molar-refractivity contribution in [3.8, 4) is 0 Å². The van der Waals surface area contributed by atoms with E-state index in [0.717, 1.165) is 22.3 Å². The fourth-order valence-corrected chi connectivity index (χ4v) is 2.04. The third kappa shape index (κ3) is 1.93. The molecule has 3 N–H and O–H groups in total. The Morgan fingerprint density at radius 2 is 2.00 bits per heavy atom. The average Bonchev–Trinajstić information content (AvgIpc) is 2.53. The number of hydrogen-bond acceptors (Lipinski definition) is 1. The summed E-state index contributed by atoms with van der Waals surface area (Å²) in [6, 6.07) is 3.31. The number of hydrogen-bond donors (Lipinski definition) is 2. The maximum absolute atomic E-state index is 13.7. The first kappa shape index (κ1) is 13.0. The van der Waals surface area contributed by atoms with E-state index in [1.165, 1.54) is 6.07 Å². The van der Waals surface area contributed by atoms with E-state index in [-0.39, 0.29) is 18.2 Å². The molecule has 0 aliphatic carbocycles. The van der Waals surface area contributed by atoms with Crippen molar-refractivity contribution < 1.29 is 4.39 Å². The molecule has 0 unspecified atom stereocenters. The van der Waals surface area contributed by atoms with Gasteiger partial charge in [0.15, 0.2) is 0 Å². The van der Waals surface area contributed by atoms with Crippen LogP contribution in [0.4, 0.5) is 4.39 Å². The van der Waals surface area contributed by atoms with Crippen LogP contribution in [-0.2, 0) is 6.42 Å². The van der Waals surface area contributed by atoms with E-state index in [1.807, 2.05) is 13.8 Å². The van der Waals surface area contributed by atoms with Gasteiger partial charge in [0, 0.05) is 11.1 Å². The Kier molecular flexibility index (Phi) is 3.94. The van der Waals surface area contributed by atoms with Crippen molar-refractivity contribution in [3.05, 3.63) is 34.8 Å². The second-order valence-corrected chi connectivity index (χ2v) is 3.88. The zero-order chi connectivity index (χ0) is 11.0. The Hall–Kier alpha value is -1.06. The highest BCUT2D eigenvalue weighted by atomic mass is 35.5. The number of rotatable bonds is 2. The van der Waals surface area contributed by atoms with Gasteiger partial charge < -0.3 is 10.7 Å². The Balaban J connectivity index is 0.00000128. The number of nitrogens with one attached hydrogen (secondary N) is 1. The minimum Gasteiger partial charge on any atom is -0.358 e. The standard InChI is InChI=1S/C12H15FN2.ClH/c1-7-3-4-10(13)11-9(5-6-14)8(2)15-12(7)11;/h3-4,15H,5-6,14H2,1-2H3;1H. The van der Waals surface area contributed by atoms with Gasteiger partial charge in [-0.2, -0.15) is 0 Å². The quantitative estimate of drug-likeness (QED) is 0.836. The predicted molar refractivity (Wildman–Crippen MR) is 67.7 cm³/mol. The van der Waals surface area contributed by atoms with Gasteiger partial charge >= 0.3 is 0 Å². The van der Waals surface area contributed by atoms with E-state index < -0.39 is 0 Å². The highest BCUT2D eigenvalue weighted by Crippen LogP contribution is 2.27. The summed E-state index contributed by atoms with van der Waals surface area (Å²) in [4.78, 5) is 3.23. The van der Waals surface area contributed by atoms with E-state index in [9.17, 15) is 4.39 Å². The molecule has 1 heterocycles. The zero-order valence-electron chi connectivity index (χ0n) is 9.43. The fraction of sp³-hybridized carbons (Fsp3) is 0.333. The first-order valence-electron chi connectivity index (χ1n) is 5.11. The molecule has 16 heavy (non-hydrogen) atoms. The summed E-state index contributed by atoms with van der Waals surface area (Å²) in [5.74, 6) is -0.164. The largest absolute Gasteiger partial charge is 0.358 e. The van der Waals surface area contributed by atoms with Crippen molar-refractivity contribution in [1.82, 2.24) is 4.98 Å². The molecule has 0 saturated carbocycles. The van der Waals surface area contributed by atoms with Crippen LogP contribution in [0.1, 0.15) is 16.8 Å². The molecule has 0 fully saturated rings. The fourth-order valence-electron chi connectivity index (χ4n) is 2.04. The van der Waals surface area contributed by atoms with Gasteiger partial charge in [-0.25, -0.2) is 4.39 Å². The third-order valence-electron chi connectivity index (χ3n) is 2.82. The highest BCUT2D eigenvalue weighted by molar-refractivity contribution is 5.87. The minimum atomic E-state index is -0.164. The summed E-state index contributed by atoms with van der Waals surface area (Å²) in [6.45, 7) is 4.48. The monoisotopic (exact) mass is 242 g/mol. The Morgan fingerprint density at radius 1 is 1.31 bits per heavy atom. The molecule has 0 aliphatic rings. The molecule has 2 rings (SSSR count). The molecule has 2 nitrogen and oxygen atoms in total. The molecule has 4 heteroatoms. The predicted octanol–water partition coefficient (Wildman–Crippen LogP) is 2.85. The normalized spacial score (nSPS) is 10.5. The van der Waals surface area contributed by atoms with Crippen LogP contribution < -0.4 is 5.73 Å². The average molecular weight is 243 g/mol. The lowest BCUT2D eigenvalue weighted by atomic mass is 10.1. The number of halogens is 2. The van der Waals surface area contributed by atoms with E-state index in [2.05, 4.69) is 4.98 Å². The molecule has 0 saturated heterocycles. The van der Waals surface area contributed by atoms with Crippen LogP contribution >= 0.6 is 12.4 Å². The SMILES string of the molecule is Cc1[nH]c2c(C)ccc(F)c2c1CCN.Cl. The van der Waals surface area contributed by atoms with E-state index in [1.54, 1.807) is 6.07 Å². The first-order chi connectivity index (χ1) is 7.15. The number of benzene rings is 1. The summed E-state index contributed by atoms with van der Waals surface area (Å²) in [5, 5.41) is 0.706. The van der Waals surface area contributed by atoms with Crippen molar-refractivity contribution in [3.63, 3.8) is 0 Å². The van der Waals surface area contributed by atoms with E-state index >= 15 is 0 Å². The van der Waals surface area contributed by atoms with Gasteiger partial charge in [0.2, 0.25) is 0 Å². The summed E-state index contributed by atoms with van der Waals surface area (Å²) in [5.41, 5.74) is 9.52. The molecule has 88 valence electrons. The Morgan fingerprint density at radius 3 is 2.62 bits per heavy atom. The van der Waals surface area contributed by atoms with E-state index in [4.69, 9.17) is 5.73 Å². The number of H-pyrrole nitrogens is 1. The number of aromatic amines is 1. The van der Waals surface area contributed by atoms with Gasteiger partial charge in [-0.1, -0.05) is 6.07 Å². The topological polar surface area (TPSA) is 41.8 Å². The molecule has 0 atom stereocenters. The number of fused-ring (bicyclic) bond motifs is 1. The first-order valence-corrected chi connectivity index (χ1v) is 5.11. The Labute approximate surface area is 100 Å². The molecule has 1 aromatic heterocycles. The second kappa shape index (κ2) is 4.85. The van der Waals surface area contributed by atoms with Gasteiger partial charge in [0.05, 0.1) is 5.52 Å². The number of aryl methyl sites for hydroxylation is 2. The maximum atomic E-state index is 13.7. The van der Waals surface area contributed by atoms with E-state index in [0.29, 0.717) is 18.4 Å². The summed E-state index contributed by atoms with van der Waals surface area (Å²) >= 11 is 0. The number of nitrogens with two attached hydrogens (primary N) is 1. The molecular weight excluding hydrogens is 227 g/mol. The highest BCUT2D eigenvalue weighted by Gasteiger charge is 2.13. The van der Waals surface area contributed by atoms with Gasteiger partial charge in [0.25, 0.3) is 0 Å².